The van der Waals surface area contributed by atoms with Gasteiger partial charge in [0.2, 0.25) is 12.6 Å². The molecule has 2 aromatic rings. The van der Waals surface area contributed by atoms with E-state index in [2.05, 4.69) is 0 Å². The van der Waals surface area contributed by atoms with Crippen LogP contribution in [0.4, 0.5) is 0 Å². The number of aliphatic carboxylic acids is 1. The molecule has 2 fully saturated rings. The Balaban J connectivity index is 1.27. The molecule has 2 aromatic carbocycles. The molecule has 0 aliphatic carbocycles. The molecule has 282 valence electrons. The maximum Gasteiger partial charge on any atom is 0.339 e. The molecule has 0 radical (unpaired) electrons. The van der Waals surface area contributed by atoms with Crippen LogP contribution in [0.5, 0.6) is 11.5 Å². The number of aliphatic hydroxyl groups is 9. The first-order valence-corrected chi connectivity index (χ1v) is 15.5. The van der Waals surface area contributed by atoms with E-state index in [4.69, 9.17) is 28.4 Å². The first-order chi connectivity index (χ1) is 24.1. The zero-order chi connectivity index (χ0) is 37.5. The van der Waals surface area contributed by atoms with Crippen molar-refractivity contribution in [3.63, 3.8) is 0 Å². The number of hydrogen-bond acceptors (Lipinski definition) is 18. The lowest BCUT2D eigenvalue weighted by atomic mass is 9.95. The third-order valence-corrected chi connectivity index (χ3v) is 8.08. The number of ether oxygens (including phenoxy) is 6. The van der Waals surface area contributed by atoms with Gasteiger partial charge in [-0.2, -0.15) is 0 Å². The molecular weight excluding hydrogens is 688 g/mol. The summed E-state index contributed by atoms with van der Waals surface area (Å²) in [5, 5.41) is 98.7. The second kappa shape index (κ2) is 17.5. The van der Waals surface area contributed by atoms with Crippen LogP contribution in [-0.2, 0) is 46.5 Å². The highest BCUT2D eigenvalue weighted by atomic mass is 16.7. The van der Waals surface area contributed by atoms with Gasteiger partial charge in [-0.05, 0) is 35.4 Å². The van der Waals surface area contributed by atoms with Gasteiger partial charge in [0.15, 0.2) is 5.60 Å². The van der Waals surface area contributed by atoms with Gasteiger partial charge in [0.25, 0.3) is 0 Å². The van der Waals surface area contributed by atoms with E-state index in [1.165, 1.54) is 48.5 Å². The van der Waals surface area contributed by atoms with Gasteiger partial charge < -0.3 is 79.5 Å². The summed E-state index contributed by atoms with van der Waals surface area (Å²) in [6.07, 6.45) is -17.2. The van der Waals surface area contributed by atoms with Crippen molar-refractivity contribution in [3.8, 4) is 11.5 Å². The van der Waals surface area contributed by atoms with Crippen molar-refractivity contribution in [3.05, 3.63) is 59.7 Å². The quantitative estimate of drug-likeness (QED) is 0.0793. The fourth-order valence-corrected chi connectivity index (χ4v) is 5.12. The molecule has 2 saturated heterocycles. The van der Waals surface area contributed by atoms with Crippen LogP contribution in [0, 0.1) is 0 Å². The monoisotopic (exact) mass is 728 g/mol. The minimum atomic E-state index is -2.79. The number of carbonyl (C=O) groups is 3. The van der Waals surface area contributed by atoms with Crippen LogP contribution in [0.2, 0.25) is 0 Å². The van der Waals surface area contributed by atoms with Crippen molar-refractivity contribution >= 4 is 17.9 Å². The third kappa shape index (κ3) is 10.1. The van der Waals surface area contributed by atoms with Crippen LogP contribution in [0.3, 0.4) is 0 Å². The van der Waals surface area contributed by atoms with E-state index in [1.54, 1.807) is 0 Å². The van der Waals surface area contributed by atoms with Crippen LogP contribution in [0.1, 0.15) is 24.0 Å². The number of carbonyl (C=O) groups excluding carboxylic acids is 2. The Bertz CT molecular complexity index is 1450. The van der Waals surface area contributed by atoms with Gasteiger partial charge in [-0.25, -0.2) is 4.79 Å². The van der Waals surface area contributed by atoms with E-state index in [0.717, 1.165) is 0 Å². The third-order valence-electron chi connectivity index (χ3n) is 8.08. The minimum Gasteiger partial charge on any atom is -0.481 e. The van der Waals surface area contributed by atoms with Crippen molar-refractivity contribution < 1.29 is 93.9 Å². The van der Waals surface area contributed by atoms with Crippen LogP contribution >= 0.6 is 0 Å². The molecule has 0 bridgehead atoms. The molecule has 10 N–H and O–H groups in total. The molecule has 0 spiro atoms. The fourth-order valence-electron chi connectivity index (χ4n) is 5.12. The maximum absolute atomic E-state index is 12.8. The predicted octanol–water partition coefficient (Wildman–Crippen LogP) is -3.57. The van der Waals surface area contributed by atoms with Crippen LogP contribution in [0.25, 0.3) is 0 Å². The summed E-state index contributed by atoms with van der Waals surface area (Å²) in [7, 11) is 0. The minimum absolute atomic E-state index is 0.121. The van der Waals surface area contributed by atoms with E-state index < -0.39 is 118 Å². The lowest BCUT2D eigenvalue weighted by molar-refractivity contribution is -0.277. The summed E-state index contributed by atoms with van der Waals surface area (Å²) in [6, 6.07) is 11.3. The Morgan fingerprint density at radius 1 is 0.608 bits per heavy atom. The van der Waals surface area contributed by atoms with Gasteiger partial charge in [-0.15, -0.1) is 0 Å². The first-order valence-electron chi connectivity index (χ1n) is 15.5. The highest BCUT2D eigenvalue weighted by molar-refractivity contribution is 5.89. The van der Waals surface area contributed by atoms with Gasteiger partial charge in [0.1, 0.15) is 73.5 Å². The molecule has 0 saturated carbocycles. The zero-order valence-electron chi connectivity index (χ0n) is 26.8. The Morgan fingerprint density at radius 2 is 1.02 bits per heavy atom. The molecule has 19 heteroatoms. The molecular formula is C32H40O19. The number of rotatable bonds is 15. The Hall–Kier alpha value is -3.99. The Kier molecular flexibility index (Phi) is 13.6. The number of carboxylic acids is 1. The van der Waals surface area contributed by atoms with Crippen LogP contribution < -0.4 is 9.47 Å². The lowest BCUT2D eigenvalue weighted by Crippen LogP contribution is -2.60. The average molecular weight is 729 g/mol. The smallest absolute Gasteiger partial charge is 0.339 e. The van der Waals surface area contributed by atoms with Gasteiger partial charge in [0, 0.05) is 0 Å². The number of carboxylic acid groups (broad SMARTS) is 1. The van der Waals surface area contributed by atoms with E-state index in [1.807, 2.05) is 0 Å². The van der Waals surface area contributed by atoms with E-state index in [-0.39, 0.29) is 18.1 Å². The molecule has 0 aromatic heterocycles. The van der Waals surface area contributed by atoms with E-state index in [9.17, 15) is 65.4 Å². The first kappa shape index (κ1) is 39.8. The van der Waals surface area contributed by atoms with Crippen molar-refractivity contribution in [2.45, 2.75) is 93.1 Å². The topological polar surface area (TPSA) is 309 Å². The second-order valence-electron chi connectivity index (χ2n) is 11.9. The van der Waals surface area contributed by atoms with Crippen molar-refractivity contribution in [1.82, 2.24) is 0 Å². The van der Waals surface area contributed by atoms with Crippen molar-refractivity contribution in [2.24, 2.45) is 0 Å². The van der Waals surface area contributed by atoms with Gasteiger partial charge in [-0.3, -0.25) is 9.59 Å². The highest BCUT2D eigenvalue weighted by Gasteiger charge is 2.46. The van der Waals surface area contributed by atoms with Crippen LogP contribution in [0.15, 0.2) is 48.5 Å². The molecule has 0 amide bonds. The molecule has 4 rings (SSSR count). The summed E-state index contributed by atoms with van der Waals surface area (Å²) < 4.78 is 31.7. The number of benzene rings is 2. The maximum atomic E-state index is 12.8. The molecule has 19 nitrogen and oxygen atoms in total. The molecule has 0 unspecified atom stereocenters. The van der Waals surface area contributed by atoms with E-state index in [0.29, 0.717) is 11.1 Å². The highest BCUT2D eigenvalue weighted by Crippen LogP contribution is 2.27. The molecule has 2 aliphatic rings. The number of esters is 2. The zero-order valence-corrected chi connectivity index (χ0v) is 26.8. The second-order valence-corrected chi connectivity index (χ2v) is 11.9. The van der Waals surface area contributed by atoms with E-state index >= 15 is 0 Å². The molecule has 2 aliphatic heterocycles. The molecule has 51 heavy (non-hydrogen) atoms. The Labute approximate surface area is 289 Å². The standard InChI is InChI=1S/C32H40O19/c33-11-19-23(38)25(40)27(42)29(50-19)48-17-5-1-15(2-6-17)13-46-22(37)10-32(45,9-21(35)36)31(44)47-14-16-3-7-18(8-4-16)49-30-28(43)26(41)24(39)20(12-34)51-30/h1-8,19-20,23-30,33-34,38-43,45H,9-14H2,(H,35,36)/t19-,20+,23-,24+,25+,26-,27-,28-,29-,30+,32-/m0/s1. The molecule has 2 heterocycles. The summed E-state index contributed by atoms with van der Waals surface area (Å²) in [5.41, 5.74) is -2.06. The number of aliphatic hydroxyl groups excluding tert-OH is 8. The largest absolute Gasteiger partial charge is 0.481 e. The normalized spacial score (nSPS) is 30.5. The summed E-state index contributed by atoms with van der Waals surface area (Å²) in [5.74, 6) is -3.89. The Morgan fingerprint density at radius 3 is 1.41 bits per heavy atom. The van der Waals surface area contributed by atoms with Gasteiger partial charge >= 0.3 is 17.9 Å². The fraction of sp³-hybridized carbons (Fsp3) is 0.531. The van der Waals surface area contributed by atoms with Gasteiger partial charge in [0.05, 0.1) is 26.1 Å². The lowest BCUT2D eigenvalue weighted by Gasteiger charge is -2.39. The van der Waals surface area contributed by atoms with Crippen LogP contribution in [-0.4, -0.2) is 149 Å². The predicted molar refractivity (Wildman–Crippen MR) is 163 cm³/mol. The summed E-state index contributed by atoms with van der Waals surface area (Å²) in [6.45, 7) is -2.12. The molecule has 11 atom stereocenters. The van der Waals surface area contributed by atoms with Crippen molar-refractivity contribution in [1.29, 1.82) is 0 Å². The van der Waals surface area contributed by atoms with Crippen molar-refractivity contribution in [2.75, 3.05) is 13.2 Å². The SMILES string of the molecule is O=C(O)C[C@](O)(CC(=O)OCc1ccc(O[C@H]2O[C@@H](CO)[C@H](O)[C@@H](O)[C@@H]2O)cc1)C(=O)OCc1ccc(O[C@@H]2O[C@H](CO)[C@@H](O)[C@H](O)[C@@H]2O)cc1. The average Bonchev–Trinajstić information content (AvgIpc) is 3.10. The van der Waals surface area contributed by atoms with Gasteiger partial charge in [-0.1, -0.05) is 24.3 Å². The summed E-state index contributed by atoms with van der Waals surface area (Å²) >= 11 is 0. The summed E-state index contributed by atoms with van der Waals surface area (Å²) in [4.78, 5) is 36.8. The number of hydrogen-bond donors (Lipinski definition) is 10.